The number of benzene rings is 1. The van der Waals surface area contributed by atoms with Crippen molar-refractivity contribution in [1.82, 2.24) is 0 Å². The number of hydrogen-bond donors (Lipinski definition) is 0. The zero-order valence-corrected chi connectivity index (χ0v) is 16.5. The minimum atomic E-state index is -0.366. The average Bonchev–Trinajstić information content (AvgIpc) is 2.68. The van der Waals surface area contributed by atoms with Crippen molar-refractivity contribution in [2.45, 2.75) is 84.0 Å². The van der Waals surface area contributed by atoms with Crippen LogP contribution < -0.4 is 0 Å². The Morgan fingerprint density at radius 3 is 2.19 bits per heavy atom. The first-order valence-electron chi connectivity index (χ1n) is 10.8. The largest absolute Gasteiger partial charge is 0.206 e. The van der Waals surface area contributed by atoms with Crippen molar-refractivity contribution in [2.75, 3.05) is 0 Å². The van der Waals surface area contributed by atoms with Gasteiger partial charge in [-0.2, -0.15) is 5.26 Å². The first-order chi connectivity index (χ1) is 12.6. The molecule has 0 N–H and O–H groups in total. The van der Waals surface area contributed by atoms with Crippen molar-refractivity contribution in [3.8, 4) is 6.07 Å². The lowest BCUT2D eigenvalue weighted by Crippen LogP contribution is -2.27. The smallest absolute Gasteiger partial charge is 0.141 e. The second kappa shape index (κ2) is 9.03. The molecule has 1 aromatic rings. The van der Waals surface area contributed by atoms with Crippen LogP contribution in [0.5, 0.6) is 0 Å². The van der Waals surface area contributed by atoms with E-state index in [9.17, 15) is 4.39 Å². The Bertz CT molecular complexity index is 616. The van der Waals surface area contributed by atoms with E-state index < -0.39 is 0 Å². The Balaban J connectivity index is 1.51. The van der Waals surface area contributed by atoms with E-state index in [1.54, 1.807) is 12.1 Å². The van der Waals surface area contributed by atoms with Gasteiger partial charge in [-0.25, -0.2) is 4.39 Å². The third kappa shape index (κ3) is 4.48. The number of nitriles is 1. The molecule has 0 spiro atoms. The fraction of sp³-hybridized carbons (Fsp3) is 0.708. The molecule has 2 aliphatic carbocycles. The van der Waals surface area contributed by atoms with E-state index in [4.69, 9.17) is 5.26 Å². The summed E-state index contributed by atoms with van der Waals surface area (Å²) in [5.41, 5.74) is 1.22. The fourth-order valence-corrected chi connectivity index (χ4v) is 5.65. The lowest BCUT2D eigenvalue weighted by Gasteiger charge is -2.39. The van der Waals surface area contributed by atoms with Crippen LogP contribution in [0, 0.1) is 40.8 Å². The summed E-state index contributed by atoms with van der Waals surface area (Å²) in [6, 6.07) is 7.10. The zero-order chi connectivity index (χ0) is 18.5. The Labute approximate surface area is 159 Å². The third-order valence-corrected chi connectivity index (χ3v) is 7.42. The van der Waals surface area contributed by atoms with Crippen LogP contribution in [-0.2, 0) is 0 Å². The molecule has 1 nitrogen and oxygen atoms in total. The van der Waals surface area contributed by atoms with Gasteiger partial charge in [0.15, 0.2) is 0 Å². The summed E-state index contributed by atoms with van der Waals surface area (Å²) in [5, 5.41) is 8.91. The lowest BCUT2D eigenvalue weighted by atomic mass is 9.66. The van der Waals surface area contributed by atoms with Gasteiger partial charge in [-0.3, -0.25) is 0 Å². The summed E-state index contributed by atoms with van der Waals surface area (Å²) in [6.45, 7) is 4.55. The molecule has 0 heterocycles. The zero-order valence-electron chi connectivity index (χ0n) is 16.5. The summed E-state index contributed by atoms with van der Waals surface area (Å²) < 4.78 is 13.9. The molecule has 0 aromatic heterocycles. The molecule has 1 atom stereocenters. The highest BCUT2D eigenvalue weighted by Crippen LogP contribution is 2.45. The third-order valence-electron chi connectivity index (χ3n) is 7.42. The summed E-state index contributed by atoms with van der Waals surface area (Å²) in [4.78, 5) is 0. The number of nitrogens with zero attached hydrogens (tertiary/aromatic N) is 1. The molecule has 3 rings (SSSR count). The molecule has 1 aromatic carbocycles. The Morgan fingerprint density at radius 2 is 1.65 bits per heavy atom. The molecule has 0 aliphatic heterocycles. The van der Waals surface area contributed by atoms with E-state index in [-0.39, 0.29) is 11.4 Å². The lowest BCUT2D eigenvalue weighted by molar-refractivity contribution is 0.137. The molecule has 1 unspecified atom stereocenters. The highest BCUT2D eigenvalue weighted by Gasteiger charge is 2.32. The maximum Gasteiger partial charge on any atom is 0.141 e. The maximum atomic E-state index is 13.9. The van der Waals surface area contributed by atoms with E-state index >= 15 is 0 Å². The SMILES string of the molecule is CCC[C@H]1CC[C@H](C2CCC(C(C)c3ccc(C#N)c(F)c3)CC2)CC1. The molecule has 0 saturated heterocycles. The molecular weight excluding hydrogens is 321 g/mol. The van der Waals surface area contributed by atoms with Crippen molar-refractivity contribution in [1.29, 1.82) is 5.26 Å². The highest BCUT2D eigenvalue weighted by molar-refractivity contribution is 5.34. The van der Waals surface area contributed by atoms with Crippen LogP contribution in [0.4, 0.5) is 4.39 Å². The summed E-state index contributed by atoms with van der Waals surface area (Å²) in [7, 11) is 0. The van der Waals surface area contributed by atoms with Gasteiger partial charge in [-0.05, 0) is 85.8 Å². The van der Waals surface area contributed by atoms with E-state index in [1.807, 2.05) is 12.1 Å². The molecule has 0 bridgehead atoms. The van der Waals surface area contributed by atoms with Gasteiger partial charge < -0.3 is 0 Å². The van der Waals surface area contributed by atoms with Gasteiger partial charge in [0.05, 0.1) is 5.56 Å². The van der Waals surface area contributed by atoms with E-state index in [2.05, 4.69) is 13.8 Å². The molecule has 0 radical (unpaired) electrons. The minimum absolute atomic E-state index is 0.156. The predicted octanol–water partition coefficient (Wildman–Crippen LogP) is 7.21. The molecule has 26 heavy (non-hydrogen) atoms. The number of rotatable bonds is 5. The van der Waals surface area contributed by atoms with Gasteiger partial charge in [-0.15, -0.1) is 0 Å². The molecule has 2 heteroatoms. The average molecular weight is 356 g/mol. The van der Waals surface area contributed by atoms with Crippen molar-refractivity contribution in [3.05, 3.63) is 35.1 Å². The van der Waals surface area contributed by atoms with Crippen LogP contribution in [0.2, 0.25) is 0 Å². The van der Waals surface area contributed by atoms with Gasteiger partial charge in [-0.1, -0.05) is 45.6 Å². The summed E-state index contributed by atoms with van der Waals surface area (Å²) in [6.07, 6.45) is 13.9. The monoisotopic (exact) mass is 355 g/mol. The molecule has 2 fully saturated rings. The van der Waals surface area contributed by atoms with Crippen molar-refractivity contribution < 1.29 is 4.39 Å². The predicted molar refractivity (Wildman–Crippen MR) is 105 cm³/mol. The quantitative estimate of drug-likeness (QED) is 0.547. The van der Waals surface area contributed by atoms with Crippen LogP contribution in [0.1, 0.15) is 95.1 Å². The molecule has 2 aliphatic rings. The second-order valence-corrected chi connectivity index (χ2v) is 8.88. The van der Waals surface area contributed by atoms with E-state index in [1.165, 1.54) is 64.2 Å². The Morgan fingerprint density at radius 1 is 1.04 bits per heavy atom. The van der Waals surface area contributed by atoms with Gasteiger partial charge in [0, 0.05) is 0 Å². The van der Waals surface area contributed by atoms with E-state index in [0.717, 1.165) is 23.3 Å². The maximum absolute atomic E-state index is 13.9. The molecule has 0 amide bonds. The van der Waals surface area contributed by atoms with Crippen LogP contribution in [0.3, 0.4) is 0 Å². The summed E-state index contributed by atoms with van der Waals surface area (Å²) >= 11 is 0. The van der Waals surface area contributed by atoms with Gasteiger partial charge in [0.25, 0.3) is 0 Å². The van der Waals surface area contributed by atoms with Crippen LogP contribution in [0.25, 0.3) is 0 Å². The fourth-order valence-electron chi connectivity index (χ4n) is 5.65. The van der Waals surface area contributed by atoms with E-state index in [0.29, 0.717) is 11.8 Å². The Hall–Kier alpha value is -1.36. The van der Waals surface area contributed by atoms with Crippen molar-refractivity contribution in [3.63, 3.8) is 0 Å². The first kappa shape index (κ1) is 19.4. The number of hydrogen-bond acceptors (Lipinski definition) is 1. The topological polar surface area (TPSA) is 23.8 Å². The highest BCUT2D eigenvalue weighted by atomic mass is 19.1. The molecule has 142 valence electrons. The Kier molecular flexibility index (Phi) is 6.74. The second-order valence-electron chi connectivity index (χ2n) is 8.88. The normalized spacial score (nSPS) is 30.5. The van der Waals surface area contributed by atoms with Crippen LogP contribution in [-0.4, -0.2) is 0 Å². The standard InChI is InChI=1S/C24H34FN/c1-3-4-18-5-7-20(8-6-18)21-11-9-19(10-12-21)17(2)22-13-14-23(16-26)24(25)15-22/h13-15,17-21H,3-12H2,1-2H3/t17?,18-,19?,20-,21?. The van der Waals surface area contributed by atoms with Crippen molar-refractivity contribution >= 4 is 0 Å². The van der Waals surface area contributed by atoms with Crippen LogP contribution >= 0.6 is 0 Å². The summed E-state index contributed by atoms with van der Waals surface area (Å²) in [5.74, 6) is 3.58. The van der Waals surface area contributed by atoms with Crippen LogP contribution in [0.15, 0.2) is 18.2 Å². The van der Waals surface area contributed by atoms with Gasteiger partial charge in [0.1, 0.15) is 11.9 Å². The number of halogens is 1. The van der Waals surface area contributed by atoms with Gasteiger partial charge >= 0.3 is 0 Å². The van der Waals surface area contributed by atoms with Gasteiger partial charge in [0.2, 0.25) is 0 Å². The van der Waals surface area contributed by atoms with Crippen molar-refractivity contribution in [2.24, 2.45) is 23.7 Å². The first-order valence-corrected chi connectivity index (χ1v) is 10.8. The molecule has 2 saturated carbocycles. The minimum Gasteiger partial charge on any atom is -0.206 e. The molecular formula is C24H34FN.